The molecule has 2 aliphatic rings. The van der Waals surface area contributed by atoms with E-state index in [9.17, 15) is 4.79 Å². The van der Waals surface area contributed by atoms with Gasteiger partial charge in [-0.15, -0.1) is 10.2 Å². The van der Waals surface area contributed by atoms with Crippen molar-refractivity contribution in [1.29, 1.82) is 0 Å². The van der Waals surface area contributed by atoms with Gasteiger partial charge < -0.3 is 14.2 Å². The van der Waals surface area contributed by atoms with E-state index in [2.05, 4.69) is 15.2 Å². The summed E-state index contributed by atoms with van der Waals surface area (Å²) >= 11 is 0. The Hall–Kier alpha value is -2.28. The summed E-state index contributed by atoms with van der Waals surface area (Å²) in [7, 11) is 0. The molecule has 4 rings (SSSR count). The van der Waals surface area contributed by atoms with Crippen molar-refractivity contribution in [2.45, 2.75) is 57.7 Å². The Morgan fingerprint density at radius 2 is 2.19 bits per heavy atom. The van der Waals surface area contributed by atoms with Crippen molar-refractivity contribution in [3.05, 3.63) is 41.7 Å². The molecule has 7 nitrogen and oxygen atoms in total. The number of aryl methyl sites for hydroxylation is 1. The Morgan fingerprint density at radius 1 is 1.23 bits per heavy atom. The van der Waals surface area contributed by atoms with Gasteiger partial charge in [-0.1, -0.05) is 12.5 Å². The molecule has 7 heteroatoms. The van der Waals surface area contributed by atoms with Crippen LogP contribution in [0.1, 0.15) is 54.2 Å². The van der Waals surface area contributed by atoms with E-state index in [4.69, 9.17) is 4.74 Å². The maximum Gasteiger partial charge on any atom is 0.292 e. The summed E-state index contributed by atoms with van der Waals surface area (Å²) < 4.78 is 7.77. The monoisotopic (exact) mass is 355 g/mol. The molecule has 0 aliphatic carbocycles. The number of hydrogen-bond donors (Lipinski definition) is 0. The van der Waals surface area contributed by atoms with E-state index < -0.39 is 0 Å². The number of fused-ring (bicyclic) bond motifs is 1. The number of ether oxygens (including phenoxy) is 1. The quantitative estimate of drug-likeness (QED) is 0.822. The highest BCUT2D eigenvalue weighted by molar-refractivity contribution is 5.90. The van der Waals surface area contributed by atoms with Gasteiger partial charge in [0.1, 0.15) is 5.82 Å². The number of pyridine rings is 1. The van der Waals surface area contributed by atoms with Crippen molar-refractivity contribution >= 4 is 5.91 Å². The van der Waals surface area contributed by atoms with Gasteiger partial charge in [-0.3, -0.25) is 9.78 Å². The van der Waals surface area contributed by atoms with Crippen molar-refractivity contribution in [3.8, 4) is 0 Å². The molecule has 1 saturated heterocycles. The third-order valence-corrected chi connectivity index (χ3v) is 5.12. The van der Waals surface area contributed by atoms with E-state index in [1.807, 2.05) is 27.7 Å². The molecule has 2 aliphatic heterocycles. The maximum absolute atomic E-state index is 13.3. The summed E-state index contributed by atoms with van der Waals surface area (Å²) in [5.41, 5.74) is 0.870. The van der Waals surface area contributed by atoms with Crippen LogP contribution in [0.3, 0.4) is 0 Å². The smallest absolute Gasteiger partial charge is 0.292 e. The predicted molar refractivity (Wildman–Crippen MR) is 95.5 cm³/mol. The molecule has 4 heterocycles. The van der Waals surface area contributed by atoms with E-state index >= 15 is 0 Å². The number of amides is 1. The topological polar surface area (TPSA) is 73.1 Å². The molecular weight excluding hydrogens is 330 g/mol. The zero-order valence-electron chi connectivity index (χ0n) is 15.0. The molecule has 2 aromatic rings. The number of hydrogen-bond acceptors (Lipinski definition) is 5. The first kappa shape index (κ1) is 17.1. The van der Waals surface area contributed by atoms with Crippen LogP contribution in [0.25, 0.3) is 0 Å². The van der Waals surface area contributed by atoms with Crippen molar-refractivity contribution < 1.29 is 9.53 Å². The molecule has 1 atom stereocenters. The lowest BCUT2D eigenvalue weighted by atomic mass is 10.2. The van der Waals surface area contributed by atoms with Crippen molar-refractivity contribution in [1.82, 2.24) is 24.6 Å². The second-order valence-corrected chi connectivity index (χ2v) is 7.04. The number of carbonyl (C=O) groups is 1. The highest BCUT2D eigenvalue weighted by Gasteiger charge is 2.28. The fraction of sp³-hybridized carbons (Fsp3) is 0.579. The lowest BCUT2D eigenvalue weighted by molar-refractivity contribution is 0.0491. The van der Waals surface area contributed by atoms with Gasteiger partial charge in [0.15, 0.2) is 0 Å². The number of rotatable bonds is 5. The molecule has 1 fully saturated rings. The first-order chi connectivity index (χ1) is 12.8. The maximum atomic E-state index is 13.3. The van der Waals surface area contributed by atoms with Crippen LogP contribution in [0.15, 0.2) is 24.4 Å². The first-order valence-electron chi connectivity index (χ1n) is 9.54. The Bertz CT molecular complexity index is 740. The number of carbonyl (C=O) groups excluding carboxylic acids is 1. The van der Waals surface area contributed by atoms with E-state index in [-0.39, 0.29) is 12.0 Å². The number of nitrogens with zero attached hydrogens (tertiary/aromatic N) is 5. The number of aromatic nitrogens is 4. The lowest BCUT2D eigenvalue weighted by Gasteiger charge is -2.25. The van der Waals surface area contributed by atoms with Gasteiger partial charge in [0.05, 0.1) is 18.3 Å². The Labute approximate surface area is 153 Å². The standard InChI is InChI=1S/C19H25N5O2/c25-19(18-22-21-17-9-2-1-5-11-24(17)18)23(14-16-8-6-12-26-16)13-15-7-3-4-10-20-15/h3-4,7,10,16H,1-2,5-6,8-9,11-14H2/t16-/m1/s1. The van der Waals surface area contributed by atoms with Crippen molar-refractivity contribution in [2.24, 2.45) is 0 Å². The van der Waals surface area contributed by atoms with Crippen LogP contribution in [-0.4, -0.2) is 49.8 Å². The van der Waals surface area contributed by atoms with Crippen LogP contribution in [0.4, 0.5) is 0 Å². The molecule has 0 radical (unpaired) electrons. The summed E-state index contributed by atoms with van der Waals surface area (Å²) in [5.74, 6) is 1.31. The molecule has 2 aromatic heterocycles. The Kier molecular flexibility index (Phi) is 5.24. The van der Waals surface area contributed by atoms with Crippen LogP contribution in [0.5, 0.6) is 0 Å². The van der Waals surface area contributed by atoms with Gasteiger partial charge in [0.2, 0.25) is 5.82 Å². The molecule has 0 unspecified atom stereocenters. The fourth-order valence-corrected chi connectivity index (χ4v) is 3.73. The minimum absolute atomic E-state index is 0.0770. The van der Waals surface area contributed by atoms with Gasteiger partial charge in [-0.05, 0) is 37.8 Å². The summed E-state index contributed by atoms with van der Waals surface area (Å²) in [6, 6.07) is 5.77. The highest BCUT2D eigenvalue weighted by atomic mass is 16.5. The average Bonchev–Trinajstić information content (AvgIpc) is 3.26. The van der Waals surface area contributed by atoms with Gasteiger partial charge in [0, 0.05) is 32.3 Å². The summed E-state index contributed by atoms with van der Waals surface area (Å²) in [6.45, 7) is 2.62. The van der Waals surface area contributed by atoms with Crippen molar-refractivity contribution in [3.63, 3.8) is 0 Å². The molecule has 1 amide bonds. The zero-order valence-corrected chi connectivity index (χ0v) is 15.0. The van der Waals surface area contributed by atoms with Crippen molar-refractivity contribution in [2.75, 3.05) is 13.2 Å². The van der Waals surface area contributed by atoms with E-state index in [0.29, 0.717) is 18.9 Å². The van der Waals surface area contributed by atoms with Crippen LogP contribution in [-0.2, 0) is 24.2 Å². The zero-order chi connectivity index (χ0) is 17.8. The Balaban J connectivity index is 1.58. The third kappa shape index (κ3) is 3.77. The van der Waals surface area contributed by atoms with Gasteiger partial charge >= 0.3 is 0 Å². The van der Waals surface area contributed by atoms with E-state index in [1.165, 1.54) is 6.42 Å². The predicted octanol–water partition coefficient (Wildman–Crippen LogP) is 2.22. The Morgan fingerprint density at radius 3 is 3.00 bits per heavy atom. The minimum atomic E-state index is -0.0770. The molecule has 0 aromatic carbocycles. The SMILES string of the molecule is O=C(c1nnc2n1CCCCC2)N(Cc1ccccn1)C[C@H]1CCCO1. The molecule has 26 heavy (non-hydrogen) atoms. The molecule has 0 N–H and O–H groups in total. The molecule has 0 spiro atoms. The van der Waals surface area contributed by atoms with Crippen LogP contribution in [0.2, 0.25) is 0 Å². The van der Waals surface area contributed by atoms with E-state index in [1.54, 1.807) is 6.20 Å². The summed E-state index contributed by atoms with van der Waals surface area (Å²) in [6.07, 6.45) is 8.14. The summed E-state index contributed by atoms with van der Waals surface area (Å²) in [5, 5.41) is 8.51. The van der Waals surface area contributed by atoms with Gasteiger partial charge in [-0.2, -0.15) is 0 Å². The molecular formula is C19H25N5O2. The van der Waals surface area contributed by atoms with Crippen LogP contribution < -0.4 is 0 Å². The normalized spacial score (nSPS) is 19.8. The average molecular weight is 355 g/mol. The van der Waals surface area contributed by atoms with E-state index in [0.717, 1.165) is 56.8 Å². The molecule has 0 bridgehead atoms. The first-order valence-corrected chi connectivity index (χ1v) is 9.54. The third-order valence-electron chi connectivity index (χ3n) is 5.12. The minimum Gasteiger partial charge on any atom is -0.376 e. The largest absolute Gasteiger partial charge is 0.376 e. The highest BCUT2D eigenvalue weighted by Crippen LogP contribution is 2.19. The van der Waals surface area contributed by atoms with Crippen LogP contribution in [0, 0.1) is 0 Å². The van der Waals surface area contributed by atoms with Gasteiger partial charge in [0.25, 0.3) is 5.91 Å². The molecule has 0 saturated carbocycles. The summed E-state index contributed by atoms with van der Waals surface area (Å²) in [4.78, 5) is 19.5. The molecule has 138 valence electrons. The lowest BCUT2D eigenvalue weighted by Crippen LogP contribution is -2.38. The second kappa shape index (κ2) is 7.95. The fourth-order valence-electron chi connectivity index (χ4n) is 3.73. The van der Waals surface area contributed by atoms with Crippen LogP contribution >= 0.6 is 0 Å². The van der Waals surface area contributed by atoms with Gasteiger partial charge in [-0.25, -0.2) is 0 Å². The second-order valence-electron chi connectivity index (χ2n) is 7.04.